The van der Waals surface area contributed by atoms with Crippen LogP contribution in [-0.2, 0) is 6.54 Å². The van der Waals surface area contributed by atoms with E-state index in [0.29, 0.717) is 12.1 Å². The molecule has 86 valence electrons. The maximum atomic E-state index is 9.61. The summed E-state index contributed by atoms with van der Waals surface area (Å²) < 4.78 is 1.96. The molecule has 1 unspecified atom stereocenters. The van der Waals surface area contributed by atoms with Crippen molar-refractivity contribution in [2.75, 3.05) is 0 Å². The highest BCUT2D eigenvalue weighted by Crippen LogP contribution is 2.16. The minimum absolute atomic E-state index is 0.501. The average molecular weight is 226 g/mol. The number of nitriles is 1. The van der Waals surface area contributed by atoms with Crippen LogP contribution in [0, 0.1) is 11.3 Å². The number of rotatable bonds is 3. The van der Waals surface area contributed by atoms with Gasteiger partial charge in [-0.15, -0.1) is 0 Å². The van der Waals surface area contributed by atoms with Crippen molar-refractivity contribution >= 4 is 0 Å². The Morgan fingerprint density at radius 2 is 2.06 bits per heavy atom. The molecule has 17 heavy (non-hydrogen) atoms. The Morgan fingerprint density at radius 3 is 2.76 bits per heavy atom. The van der Waals surface area contributed by atoms with E-state index < -0.39 is 6.10 Å². The molecule has 3 heteroatoms. The molecule has 1 atom stereocenters. The summed E-state index contributed by atoms with van der Waals surface area (Å²) >= 11 is 0. The molecule has 2 rings (SSSR count). The van der Waals surface area contributed by atoms with Gasteiger partial charge in [-0.2, -0.15) is 5.26 Å². The van der Waals surface area contributed by atoms with Crippen LogP contribution in [0.1, 0.15) is 29.8 Å². The van der Waals surface area contributed by atoms with Crippen molar-refractivity contribution in [3.05, 3.63) is 59.4 Å². The van der Waals surface area contributed by atoms with Crippen molar-refractivity contribution in [3.8, 4) is 6.07 Å². The van der Waals surface area contributed by atoms with Crippen molar-refractivity contribution in [3.63, 3.8) is 0 Å². The predicted molar refractivity (Wildman–Crippen MR) is 65.3 cm³/mol. The van der Waals surface area contributed by atoms with E-state index in [4.69, 9.17) is 5.26 Å². The van der Waals surface area contributed by atoms with Gasteiger partial charge in [0.1, 0.15) is 0 Å². The molecular weight excluding hydrogens is 212 g/mol. The van der Waals surface area contributed by atoms with E-state index in [2.05, 4.69) is 6.07 Å². The third-order valence-corrected chi connectivity index (χ3v) is 2.77. The molecule has 1 N–H and O–H groups in total. The van der Waals surface area contributed by atoms with E-state index in [1.54, 1.807) is 13.0 Å². The number of hydrogen-bond acceptors (Lipinski definition) is 2. The summed E-state index contributed by atoms with van der Waals surface area (Å²) in [5.41, 5.74) is 2.50. The number of nitrogens with zero attached hydrogens (tertiary/aromatic N) is 2. The predicted octanol–water partition coefficient (Wildman–Crippen LogP) is 2.46. The lowest BCUT2D eigenvalue weighted by atomic mass is 10.1. The largest absolute Gasteiger partial charge is 0.387 e. The number of aromatic nitrogens is 1. The van der Waals surface area contributed by atoms with E-state index >= 15 is 0 Å². The normalized spacial score (nSPS) is 12.1. The molecule has 1 aromatic heterocycles. The van der Waals surface area contributed by atoms with Crippen molar-refractivity contribution in [1.82, 2.24) is 4.57 Å². The summed E-state index contributed by atoms with van der Waals surface area (Å²) in [7, 11) is 0. The fourth-order valence-electron chi connectivity index (χ4n) is 1.90. The summed E-state index contributed by atoms with van der Waals surface area (Å²) in [6.45, 7) is 2.35. The molecule has 2 aromatic rings. The zero-order valence-corrected chi connectivity index (χ0v) is 9.67. The number of hydrogen-bond donors (Lipinski definition) is 1. The van der Waals surface area contributed by atoms with Gasteiger partial charge in [-0.05, 0) is 30.7 Å². The molecule has 0 spiro atoms. The molecule has 0 aliphatic carbocycles. The Balaban J connectivity index is 2.32. The van der Waals surface area contributed by atoms with Crippen LogP contribution in [0.15, 0.2) is 42.6 Å². The highest BCUT2D eigenvalue weighted by atomic mass is 16.3. The van der Waals surface area contributed by atoms with Crippen LogP contribution in [0.5, 0.6) is 0 Å². The van der Waals surface area contributed by atoms with E-state index in [9.17, 15) is 5.11 Å². The fraction of sp³-hybridized carbons (Fsp3) is 0.214. The topological polar surface area (TPSA) is 49.0 Å². The molecule has 0 fully saturated rings. The first-order valence-electron chi connectivity index (χ1n) is 5.53. The fourth-order valence-corrected chi connectivity index (χ4v) is 1.90. The maximum Gasteiger partial charge on any atom is 0.0995 e. The lowest BCUT2D eigenvalue weighted by molar-refractivity contribution is 0.190. The molecule has 0 aliphatic rings. The second-order valence-corrected chi connectivity index (χ2v) is 4.01. The van der Waals surface area contributed by atoms with Crippen LogP contribution in [-0.4, -0.2) is 9.67 Å². The van der Waals surface area contributed by atoms with Gasteiger partial charge in [0.05, 0.1) is 17.7 Å². The Bertz CT molecular complexity index is 549. The number of benzene rings is 1. The van der Waals surface area contributed by atoms with Crippen LogP contribution in [0.2, 0.25) is 0 Å². The van der Waals surface area contributed by atoms with E-state index in [1.807, 2.05) is 41.1 Å². The summed E-state index contributed by atoms with van der Waals surface area (Å²) in [5, 5.41) is 18.6. The summed E-state index contributed by atoms with van der Waals surface area (Å²) in [6, 6.07) is 13.5. The molecule has 0 aliphatic heterocycles. The summed E-state index contributed by atoms with van der Waals surface area (Å²) in [4.78, 5) is 0. The SMILES string of the molecule is CC(O)c1cccn1Cc1ccccc1C#N. The van der Waals surface area contributed by atoms with Gasteiger partial charge in [0.2, 0.25) is 0 Å². The number of aliphatic hydroxyl groups excluding tert-OH is 1. The lowest BCUT2D eigenvalue weighted by Gasteiger charge is -2.12. The first-order valence-corrected chi connectivity index (χ1v) is 5.53. The molecule has 1 heterocycles. The van der Waals surface area contributed by atoms with Gasteiger partial charge in [0, 0.05) is 18.4 Å². The zero-order chi connectivity index (χ0) is 12.3. The molecule has 0 saturated carbocycles. The molecule has 1 aromatic carbocycles. The molecule has 0 radical (unpaired) electrons. The minimum Gasteiger partial charge on any atom is -0.387 e. The van der Waals surface area contributed by atoms with Gasteiger partial charge < -0.3 is 9.67 Å². The van der Waals surface area contributed by atoms with E-state index in [0.717, 1.165) is 11.3 Å². The molecule has 3 nitrogen and oxygen atoms in total. The first-order chi connectivity index (χ1) is 8.22. The van der Waals surface area contributed by atoms with E-state index in [1.165, 1.54) is 0 Å². The highest BCUT2D eigenvalue weighted by molar-refractivity contribution is 5.37. The second kappa shape index (κ2) is 4.86. The zero-order valence-electron chi connectivity index (χ0n) is 9.67. The van der Waals surface area contributed by atoms with Crippen molar-refractivity contribution in [2.24, 2.45) is 0 Å². The van der Waals surface area contributed by atoms with Gasteiger partial charge >= 0.3 is 0 Å². The standard InChI is InChI=1S/C14H14N2O/c1-11(17)14-7-4-8-16(14)10-13-6-3-2-5-12(13)9-15/h2-8,11,17H,10H2,1H3. The van der Waals surface area contributed by atoms with Crippen LogP contribution < -0.4 is 0 Å². The Hall–Kier alpha value is -2.05. The van der Waals surface area contributed by atoms with Crippen molar-refractivity contribution in [2.45, 2.75) is 19.6 Å². The Kier molecular flexibility index (Phi) is 3.27. The first kappa shape index (κ1) is 11.4. The van der Waals surface area contributed by atoms with Crippen LogP contribution in [0.4, 0.5) is 0 Å². The average Bonchev–Trinajstić information content (AvgIpc) is 2.78. The smallest absolute Gasteiger partial charge is 0.0995 e. The van der Waals surface area contributed by atoms with E-state index in [-0.39, 0.29) is 0 Å². The van der Waals surface area contributed by atoms with Gasteiger partial charge in [0.25, 0.3) is 0 Å². The lowest BCUT2D eigenvalue weighted by Crippen LogP contribution is -2.06. The van der Waals surface area contributed by atoms with Crippen LogP contribution >= 0.6 is 0 Å². The molecular formula is C14H14N2O. The second-order valence-electron chi connectivity index (χ2n) is 4.01. The van der Waals surface area contributed by atoms with Crippen molar-refractivity contribution in [1.29, 1.82) is 5.26 Å². The minimum atomic E-state index is -0.501. The third-order valence-electron chi connectivity index (χ3n) is 2.77. The molecule has 0 amide bonds. The van der Waals surface area contributed by atoms with Gasteiger partial charge in [-0.1, -0.05) is 18.2 Å². The third kappa shape index (κ3) is 2.38. The monoisotopic (exact) mass is 226 g/mol. The maximum absolute atomic E-state index is 9.61. The Morgan fingerprint density at radius 1 is 1.29 bits per heavy atom. The molecule has 0 bridgehead atoms. The highest BCUT2D eigenvalue weighted by Gasteiger charge is 2.08. The van der Waals surface area contributed by atoms with Gasteiger partial charge in [-0.25, -0.2) is 0 Å². The quantitative estimate of drug-likeness (QED) is 0.874. The number of aliphatic hydroxyl groups is 1. The van der Waals surface area contributed by atoms with Gasteiger partial charge in [-0.3, -0.25) is 0 Å². The summed E-state index contributed by atoms with van der Waals surface area (Å²) in [5.74, 6) is 0. The molecule has 0 saturated heterocycles. The van der Waals surface area contributed by atoms with Crippen LogP contribution in [0.25, 0.3) is 0 Å². The Labute approximate surface area is 101 Å². The summed E-state index contributed by atoms with van der Waals surface area (Å²) in [6.07, 6.45) is 1.41. The van der Waals surface area contributed by atoms with Crippen LogP contribution in [0.3, 0.4) is 0 Å². The van der Waals surface area contributed by atoms with Gasteiger partial charge in [0.15, 0.2) is 0 Å². The van der Waals surface area contributed by atoms with Crippen molar-refractivity contribution < 1.29 is 5.11 Å².